The summed E-state index contributed by atoms with van der Waals surface area (Å²) in [7, 11) is 0. The second kappa shape index (κ2) is 22.4. The van der Waals surface area contributed by atoms with Crippen LogP contribution in [0, 0.1) is 0 Å². The van der Waals surface area contributed by atoms with E-state index in [-0.39, 0.29) is 49.6 Å². The number of aromatic amines is 1. The number of unbranched alkanes of at least 4 members (excludes halogenated alkanes) is 2. The predicted molar refractivity (Wildman–Crippen MR) is 248 cm³/mol. The molecule has 1 atom stereocenters. The molecule has 5 amide bonds. The Labute approximate surface area is 388 Å². The number of carbonyl (C=O) groups excluding carboxylic acids is 5. The molecular formula is C49H56N10O8. The third-order valence-corrected chi connectivity index (χ3v) is 12.1. The van der Waals surface area contributed by atoms with E-state index in [1.54, 1.807) is 30.6 Å². The molecule has 0 saturated carbocycles. The highest BCUT2D eigenvalue weighted by Crippen LogP contribution is 2.35. The quantitative estimate of drug-likeness (QED) is 0.0403. The Morgan fingerprint density at radius 1 is 0.851 bits per heavy atom. The maximum Gasteiger partial charge on any atom is 0.255 e. The molecular weight excluding hydrogens is 857 g/mol. The number of anilines is 2. The molecule has 350 valence electrons. The molecule has 2 aromatic heterocycles. The maximum atomic E-state index is 13.3. The third-order valence-electron chi connectivity index (χ3n) is 12.1. The largest absolute Gasteiger partial charge is 0.494 e. The highest BCUT2D eigenvalue weighted by molar-refractivity contribution is 6.07. The normalized spacial score (nSPS) is 16.6. The van der Waals surface area contributed by atoms with Crippen molar-refractivity contribution in [2.45, 2.75) is 76.0 Å². The van der Waals surface area contributed by atoms with Crippen LogP contribution in [-0.4, -0.2) is 107 Å². The molecule has 2 fully saturated rings. The first-order chi connectivity index (χ1) is 32.7. The predicted octanol–water partition coefficient (Wildman–Crippen LogP) is 4.86. The molecule has 0 aliphatic carbocycles. The molecule has 8 rings (SSSR count). The highest BCUT2D eigenvalue weighted by atomic mass is 16.5. The van der Waals surface area contributed by atoms with Crippen molar-refractivity contribution in [1.29, 1.82) is 0 Å². The number of nitrogens with one attached hydrogen (secondary N) is 6. The Morgan fingerprint density at radius 2 is 1.64 bits per heavy atom. The smallest absolute Gasteiger partial charge is 0.255 e. The lowest BCUT2D eigenvalue weighted by molar-refractivity contribution is -0.137. The number of ether oxygens (including phenoxy) is 3. The van der Waals surface area contributed by atoms with E-state index in [9.17, 15) is 24.0 Å². The molecule has 0 bridgehead atoms. The number of fused-ring (bicyclic) bond motifs is 1. The zero-order valence-corrected chi connectivity index (χ0v) is 37.3. The lowest BCUT2D eigenvalue weighted by Crippen LogP contribution is -2.52. The zero-order chi connectivity index (χ0) is 46.4. The van der Waals surface area contributed by atoms with Gasteiger partial charge >= 0.3 is 0 Å². The second-order valence-electron chi connectivity index (χ2n) is 16.8. The fourth-order valence-corrected chi connectivity index (χ4v) is 8.52. The van der Waals surface area contributed by atoms with E-state index in [0.717, 1.165) is 73.6 Å². The second-order valence-corrected chi connectivity index (χ2v) is 16.8. The molecule has 6 N–H and O–H groups in total. The minimum atomic E-state index is -0.730. The molecule has 5 heterocycles. The molecule has 18 heteroatoms. The van der Waals surface area contributed by atoms with Crippen LogP contribution in [0.15, 0.2) is 91.3 Å². The Kier molecular flexibility index (Phi) is 15.6. The van der Waals surface area contributed by atoms with Crippen LogP contribution in [0.2, 0.25) is 0 Å². The average Bonchev–Trinajstić information content (AvgIpc) is 3.98. The first-order valence-corrected chi connectivity index (χ1v) is 22.9. The fourth-order valence-electron chi connectivity index (χ4n) is 8.52. The van der Waals surface area contributed by atoms with E-state index in [1.807, 2.05) is 60.7 Å². The number of aromatic nitrogens is 4. The number of imide groups is 1. The summed E-state index contributed by atoms with van der Waals surface area (Å²) in [6.07, 6.45) is 8.76. The minimum Gasteiger partial charge on any atom is -0.494 e. The van der Waals surface area contributed by atoms with Crippen molar-refractivity contribution < 1.29 is 38.2 Å². The summed E-state index contributed by atoms with van der Waals surface area (Å²) in [5.74, 6) is 0.449. The van der Waals surface area contributed by atoms with Crippen LogP contribution in [0.5, 0.6) is 5.75 Å². The number of hydrogen-bond donors (Lipinski definition) is 6. The van der Waals surface area contributed by atoms with Gasteiger partial charge in [-0.2, -0.15) is 5.10 Å². The van der Waals surface area contributed by atoms with Gasteiger partial charge in [0.2, 0.25) is 17.7 Å². The minimum absolute atomic E-state index is 0.153. The molecule has 5 aromatic rings. The molecule has 3 aliphatic heterocycles. The summed E-state index contributed by atoms with van der Waals surface area (Å²) in [5.41, 5.74) is 4.25. The SMILES string of the molecule is O=C1CCC(N2Cc3c(NC(=O)COCCCOCCCCCOc4cccc(CNC(=O)c5cccc(NC6(c7nc(-c8ccncc8)n[nH]7)CCNCC6)c5)c4)cccc3C2=O)C(=O)N1. The van der Waals surface area contributed by atoms with E-state index in [0.29, 0.717) is 67.6 Å². The van der Waals surface area contributed by atoms with Gasteiger partial charge in [-0.05, 0) is 118 Å². The van der Waals surface area contributed by atoms with Crippen molar-refractivity contribution in [2.75, 3.05) is 56.8 Å². The molecule has 2 saturated heterocycles. The molecule has 67 heavy (non-hydrogen) atoms. The number of rotatable bonds is 22. The summed E-state index contributed by atoms with van der Waals surface area (Å²) in [4.78, 5) is 73.4. The number of amides is 5. The van der Waals surface area contributed by atoms with E-state index < -0.39 is 17.5 Å². The summed E-state index contributed by atoms with van der Waals surface area (Å²) in [6.45, 7) is 4.01. The summed E-state index contributed by atoms with van der Waals surface area (Å²) in [6, 6.07) is 23.4. The van der Waals surface area contributed by atoms with Gasteiger partial charge in [0.1, 0.15) is 18.4 Å². The Balaban J connectivity index is 0.683. The van der Waals surface area contributed by atoms with E-state index in [4.69, 9.17) is 19.2 Å². The van der Waals surface area contributed by atoms with Crippen molar-refractivity contribution >= 4 is 40.9 Å². The summed E-state index contributed by atoms with van der Waals surface area (Å²) >= 11 is 0. The number of nitrogens with zero attached hydrogens (tertiary/aromatic N) is 4. The fraction of sp³-hybridized carbons (Fsp3) is 0.388. The van der Waals surface area contributed by atoms with Crippen molar-refractivity contribution in [3.63, 3.8) is 0 Å². The Bertz CT molecular complexity index is 2530. The van der Waals surface area contributed by atoms with Crippen molar-refractivity contribution in [1.82, 2.24) is 41.0 Å². The molecule has 18 nitrogen and oxygen atoms in total. The van der Waals surface area contributed by atoms with Gasteiger partial charge in [0.25, 0.3) is 11.8 Å². The van der Waals surface area contributed by atoms with Gasteiger partial charge in [-0.25, -0.2) is 4.98 Å². The van der Waals surface area contributed by atoms with Gasteiger partial charge in [0, 0.05) is 85.4 Å². The lowest BCUT2D eigenvalue weighted by atomic mass is 9.87. The number of piperidine rings is 2. The van der Waals surface area contributed by atoms with Crippen LogP contribution in [-0.2, 0) is 42.5 Å². The zero-order valence-electron chi connectivity index (χ0n) is 37.3. The van der Waals surface area contributed by atoms with Crippen LogP contribution in [0.4, 0.5) is 11.4 Å². The summed E-state index contributed by atoms with van der Waals surface area (Å²) < 4.78 is 17.3. The number of hydrogen-bond acceptors (Lipinski definition) is 13. The van der Waals surface area contributed by atoms with Crippen molar-refractivity contribution in [3.05, 3.63) is 119 Å². The average molecular weight is 913 g/mol. The van der Waals surface area contributed by atoms with Crippen LogP contribution in [0.1, 0.15) is 89.0 Å². The molecule has 0 radical (unpaired) electrons. The first-order valence-electron chi connectivity index (χ1n) is 22.9. The Hall–Kier alpha value is -7.02. The molecule has 3 aromatic carbocycles. The standard InChI is InChI=1S/C49H56N10O8/c60-42-15-14-41(46(63)54-42)59-31-39-38(47(59)64)12-6-13-40(39)53-43(61)32-66-26-7-25-65-24-2-1-3-27-67-37-11-4-8-33(28-37)30-52-45(62)35-9-5-10-36(29-35)56-49(18-22-51-23-19-49)48-55-44(57-58-48)34-16-20-50-21-17-34/h4-6,8-13,16-17,20-21,28-29,41,51,56H,1-3,7,14-15,18-19,22-27,30-32H2,(H,52,62)(H,53,61)(H,54,60,63)(H,55,57,58). The van der Waals surface area contributed by atoms with E-state index in [1.165, 1.54) is 4.90 Å². The van der Waals surface area contributed by atoms with E-state index in [2.05, 4.69) is 41.8 Å². The number of carbonyl (C=O) groups is 5. The van der Waals surface area contributed by atoms with Gasteiger partial charge < -0.3 is 40.4 Å². The van der Waals surface area contributed by atoms with Gasteiger partial charge in [-0.3, -0.25) is 39.4 Å². The topological polar surface area (TPSA) is 231 Å². The van der Waals surface area contributed by atoms with Crippen molar-refractivity contribution in [3.8, 4) is 17.1 Å². The van der Waals surface area contributed by atoms with E-state index >= 15 is 0 Å². The maximum absolute atomic E-state index is 13.3. The number of H-pyrrole nitrogens is 1. The molecule has 1 unspecified atom stereocenters. The third kappa shape index (κ3) is 12.1. The number of benzene rings is 3. The number of pyridine rings is 1. The van der Waals surface area contributed by atoms with Gasteiger partial charge in [-0.15, -0.1) is 0 Å². The monoisotopic (exact) mass is 912 g/mol. The highest BCUT2D eigenvalue weighted by Gasteiger charge is 2.40. The van der Waals surface area contributed by atoms with Gasteiger partial charge in [0.15, 0.2) is 11.6 Å². The van der Waals surface area contributed by atoms with Crippen LogP contribution < -0.4 is 31.3 Å². The molecule has 0 spiro atoms. The van der Waals surface area contributed by atoms with Crippen LogP contribution >= 0.6 is 0 Å². The summed E-state index contributed by atoms with van der Waals surface area (Å²) in [5, 5.41) is 23.0. The van der Waals surface area contributed by atoms with Crippen LogP contribution in [0.3, 0.4) is 0 Å². The van der Waals surface area contributed by atoms with Gasteiger partial charge in [0.05, 0.1) is 12.1 Å². The lowest BCUT2D eigenvalue weighted by Gasteiger charge is -2.37. The van der Waals surface area contributed by atoms with Crippen molar-refractivity contribution in [2.24, 2.45) is 0 Å². The Morgan fingerprint density at radius 3 is 2.49 bits per heavy atom. The van der Waals surface area contributed by atoms with Crippen LogP contribution in [0.25, 0.3) is 11.4 Å². The molecule has 3 aliphatic rings. The van der Waals surface area contributed by atoms with Gasteiger partial charge in [-0.1, -0.05) is 24.3 Å². The first kappa shape index (κ1) is 46.5.